The number of nitrogens with one attached hydrogen (secondary N) is 1. The number of piperidine rings is 2. The molecule has 2 amide bonds. The van der Waals surface area contributed by atoms with E-state index in [-0.39, 0.29) is 23.3 Å². The van der Waals surface area contributed by atoms with Crippen LogP contribution in [0, 0.1) is 5.41 Å². The molecule has 2 aliphatic heterocycles. The number of rotatable bonds is 4. The molecule has 0 aromatic heterocycles. The van der Waals surface area contributed by atoms with Crippen LogP contribution in [0.25, 0.3) is 0 Å². The molecule has 6 heteroatoms. The van der Waals surface area contributed by atoms with Crippen LogP contribution in [0.3, 0.4) is 0 Å². The molecule has 1 atom stereocenters. The first kappa shape index (κ1) is 23.1. The van der Waals surface area contributed by atoms with Crippen LogP contribution in [0.1, 0.15) is 57.1 Å². The normalized spacial score (nSPS) is 20.3. The van der Waals surface area contributed by atoms with Gasteiger partial charge in [-0.3, -0.25) is 4.79 Å². The highest BCUT2D eigenvalue weighted by molar-refractivity contribution is 5.78. The Kier molecular flexibility index (Phi) is 6.63. The maximum absolute atomic E-state index is 12.6. The van der Waals surface area contributed by atoms with Crippen LogP contribution in [0.4, 0.5) is 4.79 Å². The molecule has 0 unspecified atom stereocenters. The lowest BCUT2D eigenvalue weighted by molar-refractivity contribution is -0.128. The topological polar surface area (TPSA) is 67.9 Å². The SMILES string of the molecule is CC(C)(C)OC(=O)N1CCC2(CC1)CC(=O)NC[C@@H]2c1ccccc1OCc1ccccc1. The van der Waals surface area contributed by atoms with Gasteiger partial charge in [-0.25, -0.2) is 4.79 Å². The number of ether oxygens (including phenoxy) is 2. The van der Waals surface area contributed by atoms with Gasteiger partial charge < -0.3 is 19.7 Å². The van der Waals surface area contributed by atoms with Gasteiger partial charge in [-0.1, -0.05) is 48.5 Å². The van der Waals surface area contributed by atoms with Crippen molar-refractivity contribution in [2.24, 2.45) is 5.41 Å². The van der Waals surface area contributed by atoms with Crippen molar-refractivity contribution in [3.63, 3.8) is 0 Å². The van der Waals surface area contributed by atoms with E-state index >= 15 is 0 Å². The minimum Gasteiger partial charge on any atom is -0.489 e. The van der Waals surface area contributed by atoms with Crippen LogP contribution in [0.2, 0.25) is 0 Å². The summed E-state index contributed by atoms with van der Waals surface area (Å²) in [6.07, 6.45) is 1.71. The second-order valence-electron chi connectivity index (χ2n) is 10.2. The fourth-order valence-corrected chi connectivity index (χ4v) is 5.00. The summed E-state index contributed by atoms with van der Waals surface area (Å²) < 4.78 is 11.8. The zero-order valence-electron chi connectivity index (χ0n) is 19.8. The first-order valence-electron chi connectivity index (χ1n) is 11.8. The monoisotopic (exact) mass is 450 g/mol. The van der Waals surface area contributed by atoms with Crippen molar-refractivity contribution < 1.29 is 19.1 Å². The number of hydrogen-bond donors (Lipinski definition) is 1. The van der Waals surface area contributed by atoms with Crippen LogP contribution in [0.5, 0.6) is 5.75 Å². The van der Waals surface area contributed by atoms with Crippen LogP contribution >= 0.6 is 0 Å². The zero-order chi connectivity index (χ0) is 23.5. The molecule has 1 N–H and O–H groups in total. The standard InChI is InChI=1S/C27H34N2O4/c1-26(2,3)33-25(31)29-15-13-27(14-16-29)17-24(30)28-18-22(27)21-11-7-8-12-23(21)32-19-20-9-5-4-6-10-20/h4-12,22H,13-19H2,1-3H3,(H,28,30)/t22-/m1/s1. The Bertz CT molecular complexity index is 975. The summed E-state index contributed by atoms with van der Waals surface area (Å²) in [6.45, 7) is 7.89. The van der Waals surface area contributed by atoms with Gasteiger partial charge in [-0.05, 0) is 56.2 Å². The minimum atomic E-state index is -0.519. The molecule has 0 radical (unpaired) electrons. The van der Waals surface area contributed by atoms with Gasteiger partial charge in [0.05, 0.1) is 0 Å². The highest BCUT2D eigenvalue weighted by atomic mass is 16.6. The molecule has 4 rings (SSSR count). The molecule has 33 heavy (non-hydrogen) atoms. The molecule has 2 saturated heterocycles. The molecule has 2 aromatic rings. The summed E-state index contributed by atoms with van der Waals surface area (Å²) in [5, 5.41) is 3.07. The Hall–Kier alpha value is -3.02. The van der Waals surface area contributed by atoms with Crippen LogP contribution < -0.4 is 10.1 Å². The van der Waals surface area contributed by atoms with Gasteiger partial charge in [0, 0.05) is 32.0 Å². The summed E-state index contributed by atoms with van der Waals surface area (Å²) in [7, 11) is 0. The molecule has 176 valence electrons. The number of hydrogen-bond acceptors (Lipinski definition) is 4. The van der Waals surface area contributed by atoms with Gasteiger partial charge >= 0.3 is 6.09 Å². The van der Waals surface area contributed by atoms with Crippen molar-refractivity contribution in [1.82, 2.24) is 10.2 Å². The van der Waals surface area contributed by atoms with Gasteiger partial charge in [0.1, 0.15) is 18.0 Å². The number of likely N-dealkylation sites (tertiary alicyclic amines) is 1. The molecular weight excluding hydrogens is 416 g/mol. The van der Waals surface area contributed by atoms with E-state index in [1.807, 2.05) is 57.2 Å². The van der Waals surface area contributed by atoms with Gasteiger partial charge in [0.25, 0.3) is 0 Å². The number of nitrogens with zero attached hydrogens (tertiary/aromatic N) is 1. The van der Waals surface area contributed by atoms with E-state index in [9.17, 15) is 9.59 Å². The van der Waals surface area contributed by atoms with E-state index < -0.39 is 5.60 Å². The summed E-state index contributed by atoms with van der Waals surface area (Å²) in [5.74, 6) is 1.07. The number of amides is 2. The average Bonchev–Trinajstić information content (AvgIpc) is 2.78. The van der Waals surface area contributed by atoms with E-state index in [2.05, 4.69) is 23.5 Å². The minimum absolute atomic E-state index is 0.0830. The molecule has 0 aliphatic carbocycles. The van der Waals surface area contributed by atoms with E-state index in [1.165, 1.54) is 0 Å². The van der Waals surface area contributed by atoms with E-state index in [4.69, 9.17) is 9.47 Å². The summed E-state index contributed by atoms with van der Waals surface area (Å²) in [5.41, 5.74) is 1.52. The second kappa shape index (κ2) is 9.46. The highest BCUT2D eigenvalue weighted by Crippen LogP contribution is 2.50. The number of benzene rings is 2. The molecule has 2 aromatic carbocycles. The second-order valence-corrected chi connectivity index (χ2v) is 10.2. The zero-order valence-corrected chi connectivity index (χ0v) is 19.8. The first-order valence-corrected chi connectivity index (χ1v) is 11.8. The third kappa shape index (κ3) is 5.49. The van der Waals surface area contributed by atoms with E-state index in [1.54, 1.807) is 4.90 Å². The lowest BCUT2D eigenvalue weighted by Gasteiger charge is -2.49. The third-order valence-electron chi connectivity index (χ3n) is 6.70. The Balaban J connectivity index is 1.53. The molecule has 2 heterocycles. The lowest BCUT2D eigenvalue weighted by Crippen LogP contribution is -2.53. The first-order chi connectivity index (χ1) is 15.8. The summed E-state index contributed by atoms with van der Waals surface area (Å²) in [6, 6.07) is 18.3. The fourth-order valence-electron chi connectivity index (χ4n) is 5.00. The number of para-hydroxylation sites is 1. The summed E-state index contributed by atoms with van der Waals surface area (Å²) in [4.78, 5) is 26.8. The van der Waals surface area contributed by atoms with Gasteiger partial charge in [-0.2, -0.15) is 0 Å². The van der Waals surface area contributed by atoms with E-state index in [0.717, 1.165) is 29.7 Å². The van der Waals surface area contributed by atoms with Crippen molar-refractivity contribution in [2.75, 3.05) is 19.6 Å². The highest BCUT2D eigenvalue weighted by Gasteiger charge is 2.48. The van der Waals surface area contributed by atoms with E-state index in [0.29, 0.717) is 32.7 Å². The quantitative estimate of drug-likeness (QED) is 0.720. The molecule has 1 spiro atoms. The van der Waals surface area contributed by atoms with Gasteiger partial charge in [-0.15, -0.1) is 0 Å². The van der Waals surface area contributed by atoms with Crippen LogP contribution in [-0.2, 0) is 16.1 Å². The Morgan fingerprint density at radius 1 is 1.06 bits per heavy atom. The van der Waals surface area contributed by atoms with Gasteiger partial charge in [0.15, 0.2) is 0 Å². The Morgan fingerprint density at radius 3 is 2.42 bits per heavy atom. The number of carbonyl (C=O) groups excluding carboxylic acids is 2. The average molecular weight is 451 g/mol. The predicted molar refractivity (Wildman–Crippen MR) is 127 cm³/mol. The molecule has 6 nitrogen and oxygen atoms in total. The number of carbonyl (C=O) groups is 2. The lowest BCUT2D eigenvalue weighted by atomic mass is 9.62. The van der Waals surface area contributed by atoms with Crippen molar-refractivity contribution in [2.45, 2.75) is 58.2 Å². The van der Waals surface area contributed by atoms with Crippen LogP contribution in [-0.4, -0.2) is 42.1 Å². The maximum Gasteiger partial charge on any atom is 0.410 e. The van der Waals surface area contributed by atoms with Crippen molar-refractivity contribution >= 4 is 12.0 Å². The maximum atomic E-state index is 12.6. The smallest absolute Gasteiger partial charge is 0.410 e. The fraction of sp³-hybridized carbons (Fsp3) is 0.481. The predicted octanol–water partition coefficient (Wildman–Crippen LogP) is 4.89. The molecule has 2 fully saturated rings. The van der Waals surface area contributed by atoms with Crippen molar-refractivity contribution in [1.29, 1.82) is 0 Å². The third-order valence-corrected chi connectivity index (χ3v) is 6.70. The van der Waals surface area contributed by atoms with Crippen LogP contribution in [0.15, 0.2) is 54.6 Å². The van der Waals surface area contributed by atoms with Crippen molar-refractivity contribution in [3.8, 4) is 5.75 Å². The summed E-state index contributed by atoms with van der Waals surface area (Å²) >= 11 is 0. The molecular formula is C27H34N2O4. The Morgan fingerprint density at radius 2 is 1.73 bits per heavy atom. The molecule has 0 bridgehead atoms. The van der Waals surface area contributed by atoms with Crippen molar-refractivity contribution in [3.05, 3.63) is 65.7 Å². The largest absolute Gasteiger partial charge is 0.489 e. The molecule has 0 saturated carbocycles. The Labute approximate surface area is 196 Å². The van der Waals surface area contributed by atoms with Gasteiger partial charge in [0.2, 0.25) is 5.91 Å². The molecule has 2 aliphatic rings.